The highest BCUT2D eigenvalue weighted by Gasteiger charge is 2.27. The Labute approximate surface area is 64.5 Å². The molecule has 0 aromatic heterocycles. The monoisotopic (exact) mass is 166 g/mol. The summed E-state index contributed by atoms with van der Waals surface area (Å²) in [6, 6.07) is 0. The van der Waals surface area contributed by atoms with Gasteiger partial charge in [-0.25, -0.2) is 0 Å². The van der Waals surface area contributed by atoms with Crippen LogP contribution in [0.4, 0.5) is 0 Å². The zero-order chi connectivity index (χ0) is 9.02. The molecule has 0 heterocycles. The average molecular weight is 166 g/mol. The zero-order valence-electron chi connectivity index (χ0n) is 6.25. The molecule has 5 heteroatoms. The van der Waals surface area contributed by atoms with E-state index in [0.717, 1.165) is 0 Å². The van der Waals surface area contributed by atoms with Crippen LogP contribution in [0.3, 0.4) is 0 Å². The van der Waals surface area contributed by atoms with Crippen LogP contribution in [0, 0.1) is 0 Å². The molecule has 11 heavy (non-hydrogen) atoms. The summed E-state index contributed by atoms with van der Waals surface area (Å²) < 4.78 is 0. The topological polar surface area (TPSA) is 101 Å². The summed E-state index contributed by atoms with van der Waals surface area (Å²) in [7, 11) is 0. The first-order valence-electron chi connectivity index (χ1n) is 3.33. The van der Waals surface area contributed by atoms with E-state index in [0.29, 0.717) is 0 Å². The van der Waals surface area contributed by atoms with Gasteiger partial charge in [-0.1, -0.05) is 0 Å². The van der Waals surface area contributed by atoms with Gasteiger partial charge in [-0.15, -0.1) is 0 Å². The van der Waals surface area contributed by atoms with Gasteiger partial charge in [0, 0.05) is 0 Å². The first kappa shape index (κ1) is 10.8. The average Bonchev–Trinajstić information content (AvgIpc) is 2.00. The third-order valence-electron chi connectivity index (χ3n) is 1.43. The fourth-order valence-corrected chi connectivity index (χ4v) is 0.621. The lowest BCUT2D eigenvalue weighted by molar-refractivity contribution is -0.110. The van der Waals surface area contributed by atoms with Crippen LogP contribution in [0.5, 0.6) is 0 Å². The molecule has 0 aliphatic carbocycles. The number of hydrogen-bond acceptors (Lipinski definition) is 5. The summed E-state index contributed by atoms with van der Waals surface area (Å²) >= 11 is 0. The summed E-state index contributed by atoms with van der Waals surface area (Å²) in [5, 5.41) is 43.7. The van der Waals surface area contributed by atoms with Crippen LogP contribution in [0.15, 0.2) is 0 Å². The summed E-state index contributed by atoms with van der Waals surface area (Å²) in [5.74, 6) is 0. The Hall–Kier alpha value is -0.200. The molecule has 0 fully saturated rings. The fourth-order valence-electron chi connectivity index (χ4n) is 0.621. The van der Waals surface area contributed by atoms with E-state index in [1.807, 2.05) is 0 Å². The molecular weight excluding hydrogens is 152 g/mol. The van der Waals surface area contributed by atoms with Crippen molar-refractivity contribution in [3.8, 4) is 0 Å². The van der Waals surface area contributed by atoms with E-state index in [1.54, 1.807) is 0 Å². The maximum atomic E-state index is 8.94. The lowest BCUT2D eigenvalue weighted by Crippen LogP contribution is -2.44. The van der Waals surface area contributed by atoms with E-state index in [9.17, 15) is 0 Å². The molecule has 0 aromatic rings. The number of hydrogen-bond donors (Lipinski definition) is 5. The third-order valence-corrected chi connectivity index (χ3v) is 1.43. The van der Waals surface area contributed by atoms with E-state index >= 15 is 0 Å². The summed E-state index contributed by atoms with van der Waals surface area (Å²) in [6.45, 7) is 0.628. The third kappa shape index (κ3) is 3.13. The SMILES string of the molecule is C[C@H](O)C(O)[C@@H](O)[C@H](O)CO. The van der Waals surface area contributed by atoms with Crippen molar-refractivity contribution in [2.75, 3.05) is 6.61 Å². The lowest BCUT2D eigenvalue weighted by Gasteiger charge is -2.23. The molecule has 5 N–H and O–H groups in total. The first-order chi connectivity index (χ1) is 5.00. The van der Waals surface area contributed by atoms with Gasteiger partial charge in [-0.3, -0.25) is 0 Å². The quantitative estimate of drug-likeness (QED) is 0.316. The molecule has 4 atom stereocenters. The first-order valence-corrected chi connectivity index (χ1v) is 3.33. The lowest BCUT2D eigenvalue weighted by atomic mass is 10.1. The van der Waals surface area contributed by atoms with E-state index < -0.39 is 31.0 Å². The highest BCUT2D eigenvalue weighted by Crippen LogP contribution is 2.03. The fraction of sp³-hybridized carbons (Fsp3) is 1.00. The molecule has 1 unspecified atom stereocenters. The van der Waals surface area contributed by atoms with E-state index in [1.165, 1.54) is 6.92 Å². The van der Waals surface area contributed by atoms with Crippen molar-refractivity contribution in [3.05, 3.63) is 0 Å². The van der Waals surface area contributed by atoms with Crippen molar-refractivity contribution in [1.29, 1.82) is 0 Å². The van der Waals surface area contributed by atoms with Gasteiger partial charge in [0.2, 0.25) is 0 Å². The molecule has 0 saturated carbocycles. The Balaban J connectivity index is 3.90. The Kier molecular flexibility index (Phi) is 4.55. The molecular formula is C6H14O5. The Bertz CT molecular complexity index is 105. The second-order valence-electron chi connectivity index (χ2n) is 2.47. The Morgan fingerprint density at radius 3 is 1.73 bits per heavy atom. The minimum Gasteiger partial charge on any atom is -0.394 e. The highest BCUT2D eigenvalue weighted by molar-refractivity contribution is 4.77. The predicted octanol–water partition coefficient (Wildman–Crippen LogP) is -2.56. The second-order valence-corrected chi connectivity index (χ2v) is 2.47. The van der Waals surface area contributed by atoms with Gasteiger partial charge in [0.15, 0.2) is 0 Å². The predicted molar refractivity (Wildman–Crippen MR) is 36.8 cm³/mol. The van der Waals surface area contributed by atoms with Crippen molar-refractivity contribution >= 4 is 0 Å². The van der Waals surface area contributed by atoms with Gasteiger partial charge >= 0.3 is 0 Å². The normalized spacial score (nSPS) is 22.4. The largest absolute Gasteiger partial charge is 0.394 e. The van der Waals surface area contributed by atoms with Crippen LogP contribution in [-0.2, 0) is 0 Å². The van der Waals surface area contributed by atoms with Crippen molar-refractivity contribution in [2.24, 2.45) is 0 Å². The standard InChI is InChI=1S/C6H14O5/c1-3(8)5(10)6(11)4(9)2-7/h3-11H,2H2,1H3/t3-,4+,5?,6-/m0/s1. The molecule has 68 valence electrons. The zero-order valence-corrected chi connectivity index (χ0v) is 6.25. The van der Waals surface area contributed by atoms with E-state index in [4.69, 9.17) is 25.5 Å². The van der Waals surface area contributed by atoms with Gasteiger partial charge in [-0.2, -0.15) is 0 Å². The smallest absolute Gasteiger partial charge is 0.110 e. The van der Waals surface area contributed by atoms with Gasteiger partial charge < -0.3 is 25.5 Å². The molecule has 0 radical (unpaired) electrons. The van der Waals surface area contributed by atoms with E-state index in [2.05, 4.69) is 0 Å². The highest BCUT2D eigenvalue weighted by atomic mass is 16.4. The summed E-state index contributed by atoms with van der Waals surface area (Å²) in [5.41, 5.74) is 0. The molecule has 0 aliphatic heterocycles. The van der Waals surface area contributed by atoms with Gasteiger partial charge in [-0.05, 0) is 6.92 Å². The van der Waals surface area contributed by atoms with E-state index in [-0.39, 0.29) is 0 Å². The minimum absolute atomic E-state index is 0.648. The van der Waals surface area contributed by atoms with Crippen molar-refractivity contribution in [1.82, 2.24) is 0 Å². The number of rotatable bonds is 4. The second kappa shape index (κ2) is 4.63. The van der Waals surface area contributed by atoms with Crippen molar-refractivity contribution < 1.29 is 25.5 Å². The molecule has 0 aromatic carbocycles. The van der Waals surface area contributed by atoms with Crippen LogP contribution in [0.25, 0.3) is 0 Å². The molecule has 0 aliphatic rings. The van der Waals surface area contributed by atoms with Crippen LogP contribution in [0.2, 0.25) is 0 Å². The number of aliphatic hydroxyl groups is 5. The summed E-state index contributed by atoms with van der Waals surface area (Å²) in [6.07, 6.45) is -5.50. The molecule has 5 nitrogen and oxygen atoms in total. The molecule has 0 rings (SSSR count). The Morgan fingerprint density at radius 2 is 1.45 bits per heavy atom. The Morgan fingerprint density at radius 1 is 1.00 bits per heavy atom. The van der Waals surface area contributed by atoms with Gasteiger partial charge in [0.25, 0.3) is 0 Å². The maximum Gasteiger partial charge on any atom is 0.110 e. The maximum absolute atomic E-state index is 8.94. The van der Waals surface area contributed by atoms with Crippen molar-refractivity contribution in [3.63, 3.8) is 0 Å². The molecule has 0 spiro atoms. The van der Waals surface area contributed by atoms with Crippen LogP contribution < -0.4 is 0 Å². The number of aliphatic hydroxyl groups excluding tert-OH is 5. The van der Waals surface area contributed by atoms with Gasteiger partial charge in [0.05, 0.1) is 12.7 Å². The molecule has 0 saturated heterocycles. The minimum atomic E-state index is -1.51. The molecule has 0 bridgehead atoms. The van der Waals surface area contributed by atoms with Crippen LogP contribution in [0.1, 0.15) is 6.92 Å². The van der Waals surface area contributed by atoms with Crippen molar-refractivity contribution in [2.45, 2.75) is 31.3 Å². The summed E-state index contributed by atoms with van der Waals surface area (Å²) in [4.78, 5) is 0. The van der Waals surface area contributed by atoms with Crippen LogP contribution >= 0.6 is 0 Å². The van der Waals surface area contributed by atoms with Gasteiger partial charge in [0.1, 0.15) is 18.3 Å². The van der Waals surface area contributed by atoms with Crippen LogP contribution in [-0.4, -0.2) is 56.6 Å². The molecule has 0 amide bonds.